The molecule has 0 bridgehead atoms. The maximum atomic E-state index is 13.1. The molecule has 0 aliphatic heterocycles. The highest BCUT2D eigenvalue weighted by atomic mass is 19.1. The molecule has 0 saturated heterocycles. The predicted molar refractivity (Wildman–Crippen MR) is 66.7 cm³/mol. The number of benzene rings is 1. The van der Waals surface area contributed by atoms with E-state index in [2.05, 4.69) is 13.2 Å². The summed E-state index contributed by atoms with van der Waals surface area (Å²) in [4.78, 5) is 0. The van der Waals surface area contributed by atoms with Crippen LogP contribution in [0.15, 0.2) is 61.0 Å². The summed E-state index contributed by atoms with van der Waals surface area (Å²) in [6.07, 6.45) is 2.77. The van der Waals surface area contributed by atoms with E-state index in [1.807, 2.05) is 0 Å². The number of allylic oxidation sites excluding steroid dienone is 3. The molecule has 1 aromatic rings. The second kappa shape index (κ2) is 6.11. The van der Waals surface area contributed by atoms with Gasteiger partial charge in [-0.1, -0.05) is 31.4 Å². The van der Waals surface area contributed by atoms with Gasteiger partial charge >= 0.3 is 0 Å². The van der Waals surface area contributed by atoms with E-state index in [0.29, 0.717) is 11.1 Å². The van der Waals surface area contributed by atoms with Gasteiger partial charge in [-0.3, -0.25) is 0 Å². The Bertz CT molecular complexity index is 449. The van der Waals surface area contributed by atoms with E-state index in [1.165, 1.54) is 24.3 Å². The van der Waals surface area contributed by atoms with Crippen LogP contribution in [-0.4, -0.2) is 6.54 Å². The van der Waals surface area contributed by atoms with E-state index in [0.717, 1.165) is 0 Å². The fourth-order valence-corrected chi connectivity index (χ4v) is 1.67. The largest absolute Gasteiger partial charge is 0.330 e. The topological polar surface area (TPSA) is 26.0 Å². The third-order valence-electron chi connectivity index (χ3n) is 2.45. The Morgan fingerprint density at radius 3 is 2.65 bits per heavy atom. The van der Waals surface area contributed by atoms with Gasteiger partial charge in [-0.15, -0.1) is 0 Å². The van der Waals surface area contributed by atoms with Crippen LogP contribution >= 0.6 is 0 Å². The SMILES string of the molecule is C=C/C(=C\C(=C)F)C(CN)c1cccc(F)c1. The van der Waals surface area contributed by atoms with Crippen molar-refractivity contribution in [2.75, 3.05) is 6.54 Å². The van der Waals surface area contributed by atoms with E-state index in [4.69, 9.17) is 5.73 Å². The second-order valence-electron chi connectivity index (χ2n) is 3.64. The molecule has 17 heavy (non-hydrogen) atoms. The van der Waals surface area contributed by atoms with E-state index in [-0.39, 0.29) is 18.3 Å². The van der Waals surface area contributed by atoms with E-state index >= 15 is 0 Å². The zero-order chi connectivity index (χ0) is 12.8. The molecular formula is C14H15F2N. The monoisotopic (exact) mass is 235 g/mol. The van der Waals surface area contributed by atoms with Crippen molar-refractivity contribution >= 4 is 0 Å². The normalized spacial score (nSPS) is 13.2. The molecule has 0 fully saturated rings. The van der Waals surface area contributed by atoms with Crippen molar-refractivity contribution in [2.45, 2.75) is 5.92 Å². The van der Waals surface area contributed by atoms with Gasteiger partial charge in [-0.05, 0) is 29.3 Å². The summed E-state index contributed by atoms with van der Waals surface area (Å²) in [5.41, 5.74) is 6.93. The molecule has 0 saturated carbocycles. The van der Waals surface area contributed by atoms with E-state index < -0.39 is 5.83 Å². The van der Waals surface area contributed by atoms with Crippen molar-refractivity contribution in [3.63, 3.8) is 0 Å². The molecule has 2 N–H and O–H groups in total. The first-order valence-electron chi connectivity index (χ1n) is 5.22. The highest BCUT2D eigenvalue weighted by Crippen LogP contribution is 2.25. The lowest BCUT2D eigenvalue weighted by atomic mass is 9.90. The lowest BCUT2D eigenvalue weighted by molar-refractivity contribution is 0.623. The Balaban J connectivity index is 3.14. The molecule has 0 aliphatic rings. The average Bonchev–Trinajstić information content (AvgIpc) is 2.28. The number of hydrogen-bond donors (Lipinski definition) is 1. The minimum Gasteiger partial charge on any atom is -0.330 e. The molecular weight excluding hydrogens is 220 g/mol. The standard InChI is InChI=1S/C14H15F2N/c1-3-11(7-10(2)15)14(9-17)12-5-4-6-13(16)8-12/h3-8,14H,1-2,9,17H2/b11-7+. The lowest BCUT2D eigenvalue weighted by Gasteiger charge is -2.16. The number of halogens is 2. The second-order valence-corrected chi connectivity index (χ2v) is 3.64. The molecule has 1 nitrogen and oxygen atoms in total. The molecule has 0 spiro atoms. The van der Waals surface area contributed by atoms with Gasteiger partial charge in [0.1, 0.15) is 11.6 Å². The van der Waals surface area contributed by atoms with Crippen molar-refractivity contribution in [3.05, 3.63) is 72.4 Å². The first-order chi connectivity index (χ1) is 8.08. The maximum absolute atomic E-state index is 13.1. The zero-order valence-corrected chi connectivity index (χ0v) is 9.50. The van der Waals surface area contributed by atoms with Crippen LogP contribution in [-0.2, 0) is 0 Å². The Labute approximate surface area is 100.0 Å². The fraction of sp³-hybridized carbons (Fsp3) is 0.143. The van der Waals surface area contributed by atoms with Gasteiger partial charge in [0.15, 0.2) is 0 Å². The predicted octanol–water partition coefficient (Wildman–Crippen LogP) is 3.46. The highest BCUT2D eigenvalue weighted by Gasteiger charge is 2.13. The highest BCUT2D eigenvalue weighted by molar-refractivity contribution is 5.37. The fourth-order valence-electron chi connectivity index (χ4n) is 1.67. The Kier molecular flexibility index (Phi) is 4.79. The Morgan fingerprint density at radius 1 is 1.47 bits per heavy atom. The quantitative estimate of drug-likeness (QED) is 0.777. The first-order valence-corrected chi connectivity index (χ1v) is 5.22. The van der Waals surface area contributed by atoms with Gasteiger partial charge < -0.3 is 5.73 Å². The molecule has 0 heterocycles. The smallest absolute Gasteiger partial charge is 0.123 e. The molecule has 3 heteroatoms. The Morgan fingerprint density at radius 2 is 2.18 bits per heavy atom. The maximum Gasteiger partial charge on any atom is 0.123 e. The first kappa shape index (κ1) is 13.3. The molecule has 0 aliphatic carbocycles. The van der Waals surface area contributed by atoms with Crippen LogP contribution in [0.2, 0.25) is 0 Å². The van der Waals surface area contributed by atoms with Crippen LogP contribution in [0.5, 0.6) is 0 Å². The van der Waals surface area contributed by atoms with Crippen molar-refractivity contribution in [1.82, 2.24) is 0 Å². The molecule has 0 radical (unpaired) electrons. The van der Waals surface area contributed by atoms with Gasteiger partial charge in [0, 0.05) is 12.5 Å². The summed E-state index contributed by atoms with van der Waals surface area (Å²) in [6.45, 7) is 7.02. The number of hydrogen-bond acceptors (Lipinski definition) is 1. The van der Waals surface area contributed by atoms with Gasteiger partial charge in [0.05, 0.1) is 0 Å². The molecule has 1 aromatic carbocycles. The van der Waals surface area contributed by atoms with Crippen molar-refractivity contribution in [3.8, 4) is 0 Å². The van der Waals surface area contributed by atoms with Gasteiger partial charge in [0.2, 0.25) is 0 Å². The molecule has 1 unspecified atom stereocenters. The van der Waals surface area contributed by atoms with Gasteiger partial charge in [0.25, 0.3) is 0 Å². The average molecular weight is 235 g/mol. The summed E-state index contributed by atoms with van der Waals surface area (Å²) in [5, 5.41) is 0. The van der Waals surface area contributed by atoms with E-state index in [1.54, 1.807) is 12.1 Å². The molecule has 0 aromatic heterocycles. The van der Waals surface area contributed by atoms with Crippen molar-refractivity contribution < 1.29 is 8.78 Å². The van der Waals surface area contributed by atoms with E-state index in [9.17, 15) is 8.78 Å². The van der Waals surface area contributed by atoms with Crippen LogP contribution in [0.1, 0.15) is 11.5 Å². The lowest BCUT2D eigenvalue weighted by Crippen LogP contribution is -2.14. The summed E-state index contributed by atoms with van der Waals surface area (Å²) >= 11 is 0. The molecule has 90 valence electrons. The van der Waals surface area contributed by atoms with Crippen LogP contribution in [0.3, 0.4) is 0 Å². The van der Waals surface area contributed by atoms with Crippen molar-refractivity contribution in [1.29, 1.82) is 0 Å². The minimum absolute atomic E-state index is 0.245. The zero-order valence-electron chi connectivity index (χ0n) is 9.50. The van der Waals surface area contributed by atoms with Crippen molar-refractivity contribution in [2.24, 2.45) is 5.73 Å². The van der Waals surface area contributed by atoms with Crippen LogP contribution < -0.4 is 5.73 Å². The third-order valence-corrected chi connectivity index (χ3v) is 2.45. The van der Waals surface area contributed by atoms with Crippen LogP contribution in [0, 0.1) is 5.82 Å². The molecule has 0 amide bonds. The number of nitrogens with two attached hydrogens (primary N) is 1. The van der Waals surface area contributed by atoms with Gasteiger partial charge in [-0.25, -0.2) is 8.78 Å². The summed E-state index contributed by atoms with van der Waals surface area (Å²) < 4.78 is 25.9. The summed E-state index contributed by atoms with van der Waals surface area (Å²) in [5.74, 6) is -1.20. The van der Waals surface area contributed by atoms with Crippen LogP contribution in [0.25, 0.3) is 0 Å². The Hall–Kier alpha value is -1.74. The molecule has 1 atom stereocenters. The van der Waals surface area contributed by atoms with Crippen LogP contribution in [0.4, 0.5) is 8.78 Å². The van der Waals surface area contributed by atoms with Gasteiger partial charge in [-0.2, -0.15) is 0 Å². The summed E-state index contributed by atoms with van der Waals surface area (Å²) in [7, 11) is 0. The molecule has 1 rings (SSSR count). The third kappa shape index (κ3) is 3.64. The summed E-state index contributed by atoms with van der Waals surface area (Å²) in [6, 6.07) is 6.08. The number of rotatable bonds is 5. The minimum atomic E-state index is -0.574.